The van der Waals surface area contributed by atoms with E-state index in [0.717, 1.165) is 0 Å². The quantitative estimate of drug-likeness (QED) is 0.825. The molecule has 1 fully saturated rings. The zero-order valence-corrected chi connectivity index (χ0v) is 13.4. The van der Waals surface area contributed by atoms with Crippen molar-refractivity contribution < 1.29 is 9.59 Å². The summed E-state index contributed by atoms with van der Waals surface area (Å²) in [5.41, 5.74) is -0.249. The second kappa shape index (κ2) is 5.90. The summed E-state index contributed by atoms with van der Waals surface area (Å²) < 4.78 is 0. The van der Waals surface area contributed by atoms with Crippen molar-refractivity contribution in [3.8, 4) is 0 Å². The van der Waals surface area contributed by atoms with E-state index in [1.165, 1.54) is 0 Å². The molecule has 0 saturated carbocycles. The Balaban J connectivity index is 2.29. The molecule has 0 radical (unpaired) electrons. The minimum Gasteiger partial charge on any atom is -0.352 e. The molecule has 120 valence electrons. The summed E-state index contributed by atoms with van der Waals surface area (Å²) in [4.78, 5) is 45.2. The highest BCUT2D eigenvalue weighted by atomic mass is 16.2. The lowest BCUT2D eigenvalue weighted by molar-refractivity contribution is -0.150. The summed E-state index contributed by atoms with van der Waals surface area (Å²) in [5.74, 6) is 0.148. The SMILES string of the molecule is CC[C@@]1(C)C(=O)NCCN1C(=O)Cc1c(C)nc(C)[nH]c1=O. The van der Waals surface area contributed by atoms with Gasteiger partial charge in [0.1, 0.15) is 11.4 Å². The van der Waals surface area contributed by atoms with Gasteiger partial charge in [0.25, 0.3) is 5.56 Å². The Morgan fingerprint density at radius 2 is 2.05 bits per heavy atom. The molecule has 2 amide bonds. The van der Waals surface area contributed by atoms with Crippen LogP contribution in [0.15, 0.2) is 4.79 Å². The van der Waals surface area contributed by atoms with Crippen molar-refractivity contribution in [1.29, 1.82) is 0 Å². The Morgan fingerprint density at radius 3 is 2.64 bits per heavy atom. The molecule has 2 N–H and O–H groups in total. The highest BCUT2D eigenvalue weighted by Gasteiger charge is 2.43. The largest absolute Gasteiger partial charge is 0.352 e. The first kappa shape index (κ1) is 16.2. The predicted molar refractivity (Wildman–Crippen MR) is 81.5 cm³/mol. The molecule has 1 aromatic rings. The Hall–Kier alpha value is -2.18. The van der Waals surface area contributed by atoms with Crippen LogP contribution in [-0.2, 0) is 16.0 Å². The highest BCUT2D eigenvalue weighted by Crippen LogP contribution is 2.23. The van der Waals surface area contributed by atoms with Gasteiger partial charge in [-0.3, -0.25) is 14.4 Å². The minimum absolute atomic E-state index is 0.0443. The average molecular weight is 306 g/mol. The van der Waals surface area contributed by atoms with Crippen LogP contribution in [0, 0.1) is 13.8 Å². The van der Waals surface area contributed by atoms with Gasteiger partial charge in [0.05, 0.1) is 6.42 Å². The first-order valence-corrected chi connectivity index (χ1v) is 7.44. The Bertz CT molecular complexity index is 667. The van der Waals surface area contributed by atoms with Crippen molar-refractivity contribution in [3.05, 3.63) is 27.4 Å². The van der Waals surface area contributed by atoms with Crippen molar-refractivity contribution >= 4 is 11.8 Å². The monoisotopic (exact) mass is 306 g/mol. The summed E-state index contributed by atoms with van der Waals surface area (Å²) in [5, 5.41) is 2.79. The molecule has 0 bridgehead atoms. The number of aryl methyl sites for hydroxylation is 2. The van der Waals surface area contributed by atoms with E-state index in [-0.39, 0.29) is 23.8 Å². The van der Waals surface area contributed by atoms with E-state index in [1.807, 2.05) is 6.92 Å². The minimum atomic E-state index is -0.867. The molecule has 22 heavy (non-hydrogen) atoms. The molecule has 1 aliphatic rings. The lowest BCUT2D eigenvalue weighted by atomic mass is 9.92. The molecule has 1 aromatic heterocycles. The van der Waals surface area contributed by atoms with Crippen LogP contribution in [-0.4, -0.2) is 45.3 Å². The van der Waals surface area contributed by atoms with Crippen LogP contribution < -0.4 is 10.9 Å². The first-order valence-electron chi connectivity index (χ1n) is 7.44. The van der Waals surface area contributed by atoms with Crippen LogP contribution in [0.2, 0.25) is 0 Å². The second-order valence-corrected chi connectivity index (χ2v) is 5.82. The van der Waals surface area contributed by atoms with Crippen molar-refractivity contribution in [2.24, 2.45) is 0 Å². The standard InChI is InChI=1S/C15H22N4O3/c1-5-15(4)14(22)16-6-7-19(15)12(20)8-11-9(2)17-10(3)18-13(11)21/h5-8H2,1-4H3,(H,16,22)(H,17,18,21)/t15-/m0/s1. The van der Waals surface area contributed by atoms with Gasteiger partial charge in [0.2, 0.25) is 11.8 Å². The number of rotatable bonds is 3. The van der Waals surface area contributed by atoms with Crippen molar-refractivity contribution in [3.63, 3.8) is 0 Å². The topological polar surface area (TPSA) is 95.2 Å². The van der Waals surface area contributed by atoms with Crippen LogP contribution >= 0.6 is 0 Å². The van der Waals surface area contributed by atoms with E-state index in [9.17, 15) is 14.4 Å². The maximum atomic E-state index is 12.6. The summed E-state index contributed by atoms with van der Waals surface area (Å²) in [6.45, 7) is 7.92. The summed E-state index contributed by atoms with van der Waals surface area (Å²) >= 11 is 0. The van der Waals surface area contributed by atoms with Gasteiger partial charge in [0, 0.05) is 24.3 Å². The fourth-order valence-corrected chi connectivity index (χ4v) is 2.80. The smallest absolute Gasteiger partial charge is 0.254 e. The van der Waals surface area contributed by atoms with Gasteiger partial charge in [-0.25, -0.2) is 4.98 Å². The predicted octanol–water partition coefficient (Wildman–Crippen LogP) is 0.0563. The normalized spacial score (nSPS) is 21.6. The van der Waals surface area contributed by atoms with E-state index < -0.39 is 5.54 Å². The number of hydrogen-bond acceptors (Lipinski definition) is 4. The molecule has 2 heterocycles. The van der Waals surface area contributed by atoms with Gasteiger partial charge in [-0.1, -0.05) is 6.92 Å². The van der Waals surface area contributed by atoms with E-state index in [1.54, 1.807) is 25.7 Å². The molecule has 1 saturated heterocycles. The van der Waals surface area contributed by atoms with Crippen LogP contribution in [0.1, 0.15) is 37.4 Å². The first-order chi connectivity index (χ1) is 10.3. The highest BCUT2D eigenvalue weighted by molar-refractivity contribution is 5.92. The van der Waals surface area contributed by atoms with Crippen LogP contribution in [0.3, 0.4) is 0 Å². The molecule has 0 aromatic carbocycles. The van der Waals surface area contributed by atoms with Gasteiger partial charge in [-0.2, -0.15) is 0 Å². The van der Waals surface area contributed by atoms with E-state index in [0.29, 0.717) is 36.6 Å². The van der Waals surface area contributed by atoms with Crippen molar-refractivity contribution in [2.45, 2.75) is 46.1 Å². The van der Waals surface area contributed by atoms with Gasteiger partial charge in [0.15, 0.2) is 0 Å². The fraction of sp³-hybridized carbons (Fsp3) is 0.600. The molecule has 1 atom stereocenters. The van der Waals surface area contributed by atoms with E-state index in [2.05, 4.69) is 15.3 Å². The molecule has 7 heteroatoms. The second-order valence-electron chi connectivity index (χ2n) is 5.82. The molecule has 0 aliphatic carbocycles. The maximum absolute atomic E-state index is 12.6. The third-order valence-electron chi connectivity index (χ3n) is 4.36. The number of nitrogens with zero attached hydrogens (tertiary/aromatic N) is 2. The maximum Gasteiger partial charge on any atom is 0.254 e. The van der Waals surface area contributed by atoms with E-state index >= 15 is 0 Å². The Labute approximate surface area is 129 Å². The molecule has 0 spiro atoms. The molecule has 0 unspecified atom stereocenters. The van der Waals surface area contributed by atoms with E-state index in [4.69, 9.17) is 0 Å². The lowest BCUT2D eigenvalue weighted by Crippen LogP contribution is -2.65. The van der Waals surface area contributed by atoms with Crippen molar-refractivity contribution in [1.82, 2.24) is 20.2 Å². The zero-order chi connectivity index (χ0) is 16.5. The number of H-pyrrole nitrogens is 1. The number of aromatic amines is 1. The van der Waals surface area contributed by atoms with Gasteiger partial charge in [-0.15, -0.1) is 0 Å². The van der Waals surface area contributed by atoms with Crippen LogP contribution in [0.4, 0.5) is 0 Å². The number of nitrogens with one attached hydrogen (secondary N) is 2. The lowest BCUT2D eigenvalue weighted by Gasteiger charge is -2.43. The molecule has 1 aliphatic heterocycles. The molecule has 2 rings (SSSR count). The summed E-state index contributed by atoms with van der Waals surface area (Å²) in [7, 11) is 0. The Kier molecular flexibility index (Phi) is 4.35. The Morgan fingerprint density at radius 1 is 1.36 bits per heavy atom. The van der Waals surface area contributed by atoms with Crippen LogP contribution in [0.25, 0.3) is 0 Å². The molecular formula is C15H22N4O3. The number of carbonyl (C=O) groups is 2. The number of amides is 2. The van der Waals surface area contributed by atoms with Crippen LogP contribution in [0.5, 0.6) is 0 Å². The number of aromatic nitrogens is 2. The number of hydrogen-bond donors (Lipinski definition) is 2. The summed E-state index contributed by atoms with van der Waals surface area (Å²) in [6.07, 6.45) is 0.476. The molecule has 7 nitrogen and oxygen atoms in total. The average Bonchev–Trinajstić information content (AvgIpc) is 2.45. The fourth-order valence-electron chi connectivity index (χ4n) is 2.80. The number of carbonyl (C=O) groups excluding carboxylic acids is 2. The van der Waals surface area contributed by atoms with Gasteiger partial charge < -0.3 is 15.2 Å². The van der Waals surface area contributed by atoms with Crippen molar-refractivity contribution in [2.75, 3.05) is 13.1 Å². The van der Waals surface area contributed by atoms with Gasteiger partial charge >= 0.3 is 0 Å². The third-order valence-corrected chi connectivity index (χ3v) is 4.36. The zero-order valence-electron chi connectivity index (χ0n) is 13.4. The molecular weight excluding hydrogens is 284 g/mol. The van der Waals surface area contributed by atoms with Gasteiger partial charge in [-0.05, 0) is 27.2 Å². The third kappa shape index (κ3) is 2.75. The summed E-state index contributed by atoms with van der Waals surface area (Å²) in [6, 6.07) is 0. The number of piperazine rings is 1.